The van der Waals surface area contributed by atoms with Crippen LogP contribution in [0, 0.1) is 0 Å². The van der Waals surface area contributed by atoms with Gasteiger partial charge >= 0.3 is 5.97 Å². The van der Waals surface area contributed by atoms with Gasteiger partial charge in [0.2, 0.25) is 5.76 Å². The minimum absolute atomic E-state index is 0.251. The van der Waals surface area contributed by atoms with E-state index in [9.17, 15) is 14.4 Å². The van der Waals surface area contributed by atoms with Gasteiger partial charge in [-0.3, -0.25) is 9.59 Å². The Bertz CT molecular complexity index is 1070. The van der Waals surface area contributed by atoms with Crippen molar-refractivity contribution < 1.29 is 18.7 Å². The van der Waals surface area contributed by atoms with Crippen molar-refractivity contribution in [1.82, 2.24) is 0 Å². The lowest BCUT2D eigenvalue weighted by Crippen LogP contribution is -2.30. The maximum atomic E-state index is 12.3. The van der Waals surface area contributed by atoms with E-state index < -0.39 is 18.0 Å². The fraction of sp³-hybridized carbons (Fsp3) is 0.190. The van der Waals surface area contributed by atoms with E-state index in [-0.39, 0.29) is 16.8 Å². The standard InChI is InChI=1S/C21H20N2O5/c1-13(20(25)22-14-8-10-15(11-9-14)23(2)3)27-21(26)19-12-17(24)16-6-4-5-7-18(16)28-19/h4-13H,1-3H3,(H,22,25). The quantitative estimate of drug-likeness (QED) is 0.685. The normalized spacial score (nSPS) is 11.7. The number of hydrogen-bond acceptors (Lipinski definition) is 6. The number of nitrogens with zero attached hydrogens (tertiary/aromatic N) is 1. The number of ether oxygens (including phenoxy) is 1. The van der Waals surface area contributed by atoms with Crippen LogP contribution < -0.4 is 15.6 Å². The van der Waals surface area contributed by atoms with E-state index in [0.717, 1.165) is 11.8 Å². The molecule has 0 fully saturated rings. The molecule has 0 spiro atoms. The van der Waals surface area contributed by atoms with Crippen LogP contribution in [-0.4, -0.2) is 32.1 Å². The van der Waals surface area contributed by atoms with E-state index in [1.807, 2.05) is 31.1 Å². The third-order valence-electron chi connectivity index (χ3n) is 4.14. The second-order valence-electron chi connectivity index (χ2n) is 6.45. The van der Waals surface area contributed by atoms with Crippen LogP contribution in [0.4, 0.5) is 11.4 Å². The fourth-order valence-corrected chi connectivity index (χ4v) is 2.56. The molecule has 0 aliphatic heterocycles. The average molecular weight is 380 g/mol. The summed E-state index contributed by atoms with van der Waals surface area (Å²) in [6.45, 7) is 1.45. The number of hydrogen-bond donors (Lipinski definition) is 1. The number of anilines is 2. The number of rotatable bonds is 5. The van der Waals surface area contributed by atoms with Crippen LogP contribution >= 0.6 is 0 Å². The number of carbonyl (C=O) groups is 2. The van der Waals surface area contributed by atoms with Crippen LogP contribution in [0.1, 0.15) is 17.5 Å². The zero-order valence-electron chi connectivity index (χ0n) is 15.8. The molecule has 1 heterocycles. The smallest absolute Gasteiger partial charge is 0.375 e. The fourth-order valence-electron chi connectivity index (χ4n) is 2.56. The molecule has 0 radical (unpaired) electrons. The molecule has 0 aliphatic rings. The highest BCUT2D eigenvalue weighted by Crippen LogP contribution is 2.17. The molecule has 2 aromatic carbocycles. The predicted octanol–water partition coefficient (Wildman–Crippen LogP) is 3.04. The third kappa shape index (κ3) is 4.20. The first-order chi connectivity index (χ1) is 13.3. The van der Waals surface area contributed by atoms with Gasteiger partial charge in [0.05, 0.1) is 5.39 Å². The largest absolute Gasteiger partial charge is 0.449 e. The van der Waals surface area contributed by atoms with Crippen LogP contribution in [-0.2, 0) is 9.53 Å². The average Bonchev–Trinajstić information content (AvgIpc) is 2.68. The lowest BCUT2D eigenvalue weighted by Gasteiger charge is -2.15. The summed E-state index contributed by atoms with van der Waals surface area (Å²) in [5.74, 6) is -1.62. The summed E-state index contributed by atoms with van der Waals surface area (Å²) in [5, 5.41) is 3.05. The van der Waals surface area contributed by atoms with E-state index in [0.29, 0.717) is 11.1 Å². The Morgan fingerprint density at radius 3 is 2.43 bits per heavy atom. The predicted molar refractivity (Wildman–Crippen MR) is 107 cm³/mol. The number of para-hydroxylation sites is 1. The SMILES string of the molecule is CC(OC(=O)c1cc(=O)c2ccccc2o1)C(=O)Nc1ccc(N(C)C)cc1. The summed E-state index contributed by atoms with van der Waals surface area (Å²) in [5.41, 5.74) is 1.49. The Hall–Kier alpha value is -3.61. The van der Waals surface area contributed by atoms with Gasteiger partial charge in [0, 0.05) is 31.5 Å². The zero-order valence-corrected chi connectivity index (χ0v) is 15.8. The molecule has 1 N–H and O–H groups in total. The molecule has 1 amide bonds. The number of amides is 1. The van der Waals surface area contributed by atoms with Crippen molar-refractivity contribution in [2.45, 2.75) is 13.0 Å². The van der Waals surface area contributed by atoms with Crippen LogP contribution in [0.3, 0.4) is 0 Å². The molecule has 0 saturated heterocycles. The van der Waals surface area contributed by atoms with Crippen molar-refractivity contribution in [2.24, 2.45) is 0 Å². The van der Waals surface area contributed by atoms with Gasteiger partial charge in [-0.15, -0.1) is 0 Å². The molecular formula is C21H20N2O5. The molecule has 28 heavy (non-hydrogen) atoms. The molecule has 0 saturated carbocycles. The second kappa shape index (κ2) is 7.96. The molecule has 0 aliphatic carbocycles. The Labute approximate surface area is 161 Å². The van der Waals surface area contributed by atoms with Crippen molar-refractivity contribution in [3.63, 3.8) is 0 Å². The maximum absolute atomic E-state index is 12.3. The Kier molecular flexibility index (Phi) is 5.44. The molecule has 144 valence electrons. The molecule has 3 rings (SSSR count). The number of nitrogens with one attached hydrogen (secondary N) is 1. The van der Waals surface area contributed by atoms with Gasteiger partial charge in [0.25, 0.3) is 5.91 Å². The van der Waals surface area contributed by atoms with Gasteiger partial charge in [0.1, 0.15) is 5.58 Å². The molecule has 1 unspecified atom stereocenters. The van der Waals surface area contributed by atoms with Crippen LogP contribution in [0.5, 0.6) is 0 Å². The zero-order chi connectivity index (χ0) is 20.3. The Morgan fingerprint density at radius 2 is 1.75 bits per heavy atom. The van der Waals surface area contributed by atoms with Gasteiger partial charge < -0.3 is 19.4 Å². The highest BCUT2D eigenvalue weighted by Gasteiger charge is 2.21. The molecular weight excluding hydrogens is 360 g/mol. The van der Waals surface area contributed by atoms with E-state index in [1.54, 1.807) is 36.4 Å². The Morgan fingerprint density at radius 1 is 1.07 bits per heavy atom. The summed E-state index contributed by atoms with van der Waals surface area (Å²) >= 11 is 0. The second-order valence-corrected chi connectivity index (χ2v) is 6.45. The molecule has 7 heteroatoms. The first-order valence-electron chi connectivity index (χ1n) is 8.67. The van der Waals surface area contributed by atoms with Gasteiger partial charge in [-0.05, 0) is 43.3 Å². The lowest BCUT2D eigenvalue weighted by atomic mass is 10.2. The van der Waals surface area contributed by atoms with E-state index in [2.05, 4.69) is 5.32 Å². The highest BCUT2D eigenvalue weighted by molar-refractivity contribution is 5.97. The first kappa shape index (κ1) is 19.2. The maximum Gasteiger partial charge on any atom is 0.375 e. The summed E-state index contributed by atoms with van der Waals surface area (Å²) in [6.07, 6.45) is -1.07. The molecule has 0 bridgehead atoms. The van der Waals surface area contributed by atoms with Crippen molar-refractivity contribution in [2.75, 3.05) is 24.3 Å². The lowest BCUT2D eigenvalue weighted by molar-refractivity contribution is -0.123. The van der Waals surface area contributed by atoms with Crippen molar-refractivity contribution >= 4 is 34.2 Å². The van der Waals surface area contributed by atoms with E-state index in [4.69, 9.17) is 9.15 Å². The van der Waals surface area contributed by atoms with Crippen molar-refractivity contribution in [3.8, 4) is 0 Å². The summed E-state index contributed by atoms with van der Waals surface area (Å²) in [6, 6.07) is 14.9. The minimum atomic E-state index is -1.07. The minimum Gasteiger partial charge on any atom is -0.449 e. The Balaban J connectivity index is 1.68. The molecule has 1 atom stereocenters. The van der Waals surface area contributed by atoms with Gasteiger partial charge in [-0.1, -0.05) is 12.1 Å². The third-order valence-corrected chi connectivity index (χ3v) is 4.14. The number of fused-ring (bicyclic) bond motifs is 1. The summed E-state index contributed by atoms with van der Waals surface area (Å²) in [4.78, 5) is 38.6. The van der Waals surface area contributed by atoms with Crippen LogP contribution in [0.15, 0.2) is 63.8 Å². The van der Waals surface area contributed by atoms with Crippen molar-refractivity contribution in [1.29, 1.82) is 0 Å². The van der Waals surface area contributed by atoms with Gasteiger partial charge in [-0.25, -0.2) is 4.79 Å². The highest BCUT2D eigenvalue weighted by atomic mass is 16.6. The van der Waals surface area contributed by atoms with E-state index >= 15 is 0 Å². The summed E-state index contributed by atoms with van der Waals surface area (Å²) in [7, 11) is 3.83. The number of carbonyl (C=O) groups excluding carboxylic acids is 2. The van der Waals surface area contributed by atoms with Gasteiger partial charge in [-0.2, -0.15) is 0 Å². The number of esters is 1. The van der Waals surface area contributed by atoms with Gasteiger partial charge in [0.15, 0.2) is 11.5 Å². The van der Waals surface area contributed by atoms with Crippen LogP contribution in [0.2, 0.25) is 0 Å². The van der Waals surface area contributed by atoms with E-state index in [1.165, 1.54) is 6.92 Å². The molecule has 1 aromatic heterocycles. The van der Waals surface area contributed by atoms with Crippen LogP contribution in [0.25, 0.3) is 11.0 Å². The molecule has 3 aromatic rings. The molecule has 7 nitrogen and oxygen atoms in total. The summed E-state index contributed by atoms with van der Waals surface area (Å²) < 4.78 is 10.6. The number of benzene rings is 2. The topological polar surface area (TPSA) is 88.9 Å². The monoisotopic (exact) mass is 380 g/mol. The van der Waals surface area contributed by atoms with Crippen molar-refractivity contribution in [3.05, 3.63) is 70.6 Å². The first-order valence-corrected chi connectivity index (χ1v) is 8.67.